The van der Waals surface area contributed by atoms with Crippen LogP contribution in [0.4, 0.5) is 0 Å². The number of alkyl halides is 1. The second kappa shape index (κ2) is 4.63. The van der Waals surface area contributed by atoms with Crippen molar-refractivity contribution in [1.29, 1.82) is 0 Å². The molecule has 0 spiro atoms. The molecule has 1 saturated carbocycles. The molecule has 1 aliphatic heterocycles. The fraction of sp³-hybridized carbons (Fsp3) is 1.00. The van der Waals surface area contributed by atoms with Crippen LogP contribution in [0.2, 0.25) is 0 Å². The molecule has 0 N–H and O–H groups in total. The highest BCUT2D eigenvalue weighted by Crippen LogP contribution is 2.29. The first-order chi connectivity index (χ1) is 6.38. The lowest BCUT2D eigenvalue weighted by Crippen LogP contribution is -2.47. The first-order valence-corrected chi connectivity index (χ1v) is 5.92. The maximum Gasteiger partial charge on any atom is 0.0351 e. The molecule has 76 valence electrons. The van der Waals surface area contributed by atoms with Gasteiger partial charge in [0.2, 0.25) is 0 Å². The molecule has 0 aromatic heterocycles. The van der Waals surface area contributed by atoms with E-state index in [1.54, 1.807) is 0 Å². The summed E-state index contributed by atoms with van der Waals surface area (Å²) < 4.78 is 0. The van der Waals surface area contributed by atoms with Gasteiger partial charge in [-0.1, -0.05) is 0 Å². The normalized spacial score (nSPS) is 26.5. The lowest BCUT2D eigenvalue weighted by atomic mass is 10.3. The van der Waals surface area contributed by atoms with E-state index in [-0.39, 0.29) is 0 Å². The van der Waals surface area contributed by atoms with Crippen LogP contribution in [0.1, 0.15) is 12.8 Å². The van der Waals surface area contributed by atoms with Crippen LogP contribution in [-0.4, -0.2) is 54.9 Å². The van der Waals surface area contributed by atoms with Gasteiger partial charge in [-0.15, -0.1) is 11.6 Å². The Balaban J connectivity index is 1.63. The van der Waals surface area contributed by atoms with Gasteiger partial charge in [-0.2, -0.15) is 0 Å². The van der Waals surface area contributed by atoms with Crippen molar-refractivity contribution in [2.45, 2.75) is 12.8 Å². The lowest BCUT2D eigenvalue weighted by molar-refractivity contribution is 0.134. The van der Waals surface area contributed by atoms with Gasteiger partial charge in [0, 0.05) is 45.1 Å². The highest BCUT2D eigenvalue weighted by atomic mass is 35.5. The summed E-state index contributed by atoms with van der Waals surface area (Å²) in [5.74, 6) is 1.82. The quantitative estimate of drug-likeness (QED) is 0.634. The highest BCUT2D eigenvalue weighted by molar-refractivity contribution is 6.18. The molecule has 2 fully saturated rings. The molecule has 0 atom stereocenters. The first kappa shape index (κ1) is 9.75. The van der Waals surface area contributed by atoms with Crippen molar-refractivity contribution in [3.8, 4) is 0 Å². The maximum absolute atomic E-state index is 5.71. The van der Waals surface area contributed by atoms with Crippen LogP contribution < -0.4 is 0 Å². The molecule has 2 nitrogen and oxygen atoms in total. The number of hydrogen-bond acceptors (Lipinski definition) is 2. The predicted octanol–water partition coefficient (Wildman–Crippen LogP) is 1.25. The van der Waals surface area contributed by atoms with E-state index in [2.05, 4.69) is 9.80 Å². The van der Waals surface area contributed by atoms with E-state index in [0.717, 1.165) is 18.3 Å². The molecular formula is C10H19ClN2. The van der Waals surface area contributed by atoms with Crippen LogP contribution in [0.3, 0.4) is 0 Å². The van der Waals surface area contributed by atoms with Crippen LogP contribution in [0, 0.1) is 5.92 Å². The van der Waals surface area contributed by atoms with Gasteiger partial charge in [0.05, 0.1) is 0 Å². The Kier molecular flexibility index (Phi) is 3.47. The van der Waals surface area contributed by atoms with Gasteiger partial charge in [-0.05, 0) is 18.8 Å². The van der Waals surface area contributed by atoms with Gasteiger partial charge in [0.15, 0.2) is 0 Å². The second-order valence-electron chi connectivity index (χ2n) is 4.27. The molecule has 1 aliphatic carbocycles. The molecule has 1 saturated heterocycles. The van der Waals surface area contributed by atoms with Crippen LogP contribution >= 0.6 is 11.6 Å². The summed E-state index contributed by atoms with van der Waals surface area (Å²) in [6, 6.07) is 0. The molecule has 0 unspecified atom stereocenters. The Morgan fingerprint density at radius 1 is 1.00 bits per heavy atom. The first-order valence-electron chi connectivity index (χ1n) is 5.39. The topological polar surface area (TPSA) is 6.48 Å². The predicted molar refractivity (Wildman–Crippen MR) is 56.3 cm³/mol. The minimum absolute atomic E-state index is 0.780. The van der Waals surface area contributed by atoms with Crippen molar-refractivity contribution in [3.05, 3.63) is 0 Å². The summed E-state index contributed by atoms with van der Waals surface area (Å²) in [4.78, 5) is 5.08. The van der Waals surface area contributed by atoms with Crippen LogP contribution in [0.15, 0.2) is 0 Å². The summed E-state index contributed by atoms with van der Waals surface area (Å²) in [5, 5.41) is 0. The Morgan fingerprint density at radius 3 is 2.15 bits per heavy atom. The average molecular weight is 203 g/mol. The zero-order chi connectivity index (χ0) is 9.10. The molecule has 0 aromatic carbocycles. The van der Waals surface area contributed by atoms with Crippen molar-refractivity contribution in [1.82, 2.24) is 9.80 Å². The molecule has 2 rings (SSSR count). The van der Waals surface area contributed by atoms with Gasteiger partial charge >= 0.3 is 0 Å². The molecule has 0 aromatic rings. The molecule has 2 aliphatic rings. The number of piperazine rings is 1. The average Bonchev–Trinajstić information content (AvgIpc) is 2.93. The molecule has 1 heterocycles. The molecular weight excluding hydrogens is 184 g/mol. The van der Waals surface area contributed by atoms with Gasteiger partial charge in [-0.25, -0.2) is 0 Å². The van der Waals surface area contributed by atoms with Crippen molar-refractivity contribution in [2.24, 2.45) is 5.92 Å². The lowest BCUT2D eigenvalue weighted by Gasteiger charge is -2.34. The largest absolute Gasteiger partial charge is 0.301 e. The molecule has 13 heavy (non-hydrogen) atoms. The van der Waals surface area contributed by atoms with Crippen molar-refractivity contribution >= 4 is 11.6 Å². The second-order valence-corrected chi connectivity index (χ2v) is 4.65. The van der Waals surface area contributed by atoms with Gasteiger partial charge < -0.3 is 4.90 Å². The standard InChI is InChI=1S/C10H19ClN2/c11-3-4-12-5-7-13(8-6-12)9-10-1-2-10/h10H,1-9H2. The SMILES string of the molecule is ClCCN1CCN(CC2CC2)CC1. The van der Waals surface area contributed by atoms with Crippen molar-refractivity contribution in [3.63, 3.8) is 0 Å². The minimum Gasteiger partial charge on any atom is -0.301 e. The minimum atomic E-state index is 0.780. The molecule has 0 radical (unpaired) electrons. The zero-order valence-corrected chi connectivity index (χ0v) is 8.97. The zero-order valence-electron chi connectivity index (χ0n) is 8.21. The van der Waals surface area contributed by atoms with Gasteiger partial charge in [0.25, 0.3) is 0 Å². The third-order valence-corrected chi connectivity index (χ3v) is 3.25. The smallest absolute Gasteiger partial charge is 0.0351 e. The molecule has 0 bridgehead atoms. The summed E-state index contributed by atoms with van der Waals surface area (Å²) in [6.45, 7) is 7.38. The van der Waals surface area contributed by atoms with Crippen molar-refractivity contribution < 1.29 is 0 Å². The van der Waals surface area contributed by atoms with Gasteiger partial charge in [0.1, 0.15) is 0 Å². The fourth-order valence-corrected chi connectivity index (χ4v) is 2.22. The number of halogens is 1. The maximum atomic E-state index is 5.71. The highest BCUT2D eigenvalue weighted by Gasteiger charge is 2.25. The molecule has 3 heteroatoms. The van der Waals surface area contributed by atoms with Gasteiger partial charge in [-0.3, -0.25) is 4.90 Å². The third kappa shape index (κ3) is 3.12. The summed E-state index contributed by atoms with van der Waals surface area (Å²) in [7, 11) is 0. The summed E-state index contributed by atoms with van der Waals surface area (Å²) in [5.41, 5.74) is 0. The van der Waals surface area contributed by atoms with E-state index in [0.29, 0.717) is 0 Å². The van der Waals surface area contributed by atoms with Crippen LogP contribution in [0.5, 0.6) is 0 Å². The van der Waals surface area contributed by atoms with Crippen LogP contribution in [0.25, 0.3) is 0 Å². The Bertz CT molecular complexity index is 151. The van der Waals surface area contributed by atoms with E-state index in [1.165, 1.54) is 45.6 Å². The fourth-order valence-electron chi connectivity index (χ4n) is 1.98. The Labute approximate surface area is 85.8 Å². The third-order valence-electron chi connectivity index (χ3n) is 3.08. The number of hydrogen-bond donors (Lipinski definition) is 0. The van der Waals surface area contributed by atoms with E-state index in [9.17, 15) is 0 Å². The number of rotatable bonds is 4. The summed E-state index contributed by atoms with van der Waals surface area (Å²) in [6.07, 6.45) is 2.95. The molecule has 0 amide bonds. The van der Waals surface area contributed by atoms with Crippen molar-refractivity contribution in [2.75, 3.05) is 45.1 Å². The van der Waals surface area contributed by atoms with E-state index >= 15 is 0 Å². The van der Waals surface area contributed by atoms with E-state index in [1.807, 2.05) is 0 Å². The van der Waals surface area contributed by atoms with Crippen LogP contribution in [-0.2, 0) is 0 Å². The number of nitrogens with zero attached hydrogens (tertiary/aromatic N) is 2. The van der Waals surface area contributed by atoms with E-state index < -0.39 is 0 Å². The van der Waals surface area contributed by atoms with E-state index in [4.69, 9.17) is 11.6 Å². The Morgan fingerprint density at radius 2 is 1.62 bits per heavy atom. The summed E-state index contributed by atoms with van der Waals surface area (Å²) >= 11 is 5.71. The Hall–Kier alpha value is 0.210. The monoisotopic (exact) mass is 202 g/mol.